The molecule has 0 saturated carbocycles. The number of nitrogens with one attached hydrogen (secondary N) is 2. The van der Waals surface area contributed by atoms with Crippen LogP contribution < -0.4 is 15.0 Å². The van der Waals surface area contributed by atoms with Crippen molar-refractivity contribution in [3.05, 3.63) is 59.7 Å². The van der Waals surface area contributed by atoms with Crippen molar-refractivity contribution in [1.82, 2.24) is 0 Å². The van der Waals surface area contributed by atoms with Crippen LogP contribution in [0, 0.1) is 6.92 Å². The molecule has 1 atom stereocenters. The second-order valence-electron chi connectivity index (χ2n) is 5.58. The summed E-state index contributed by atoms with van der Waals surface area (Å²) in [5.74, 6) is 0.733. The van der Waals surface area contributed by atoms with Gasteiger partial charge in [0.15, 0.2) is 6.54 Å². The summed E-state index contributed by atoms with van der Waals surface area (Å²) < 4.78 is 5.15. The van der Waals surface area contributed by atoms with Crippen molar-refractivity contribution in [2.45, 2.75) is 13.5 Å². The number of carbonyl (C=O) groups excluding carboxylic acids is 1. The summed E-state index contributed by atoms with van der Waals surface area (Å²) in [4.78, 5) is 13.3. The first kappa shape index (κ1) is 16.0. The summed E-state index contributed by atoms with van der Waals surface area (Å²) in [5, 5.41) is 2.90. The lowest BCUT2D eigenvalue weighted by Crippen LogP contribution is -3.08. The maximum Gasteiger partial charge on any atom is 0.279 e. The fourth-order valence-electron chi connectivity index (χ4n) is 2.41. The van der Waals surface area contributed by atoms with E-state index in [4.69, 9.17) is 4.74 Å². The van der Waals surface area contributed by atoms with Gasteiger partial charge in [0.05, 0.1) is 14.2 Å². The second kappa shape index (κ2) is 7.61. The molecule has 0 aromatic heterocycles. The van der Waals surface area contributed by atoms with Crippen LogP contribution in [0.5, 0.6) is 5.75 Å². The Hall–Kier alpha value is -2.33. The number of ether oxygens (including phenoxy) is 1. The van der Waals surface area contributed by atoms with Gasteiger partial charge in [-0.05, 0) is 19.1 Å². The number of carbonyl (C=O) groups is 1. The third kappa shape index (κ3) is 4.90. The van der Waals surface area contributed by atoms with E-state index in [0.29, 0.717) is 6.54 Å². The van der Waals surface area contributed by atoms with Crippen molar-refractivity contribution in [1.29, 1.82) is 0 Å². The van der Waals surface area contributed by atoms with Gasteiger partial charge in [-0.1, -0.05) is 35.9 Å². The Kier molecular flexibility index (Phi) is 5.55. The number of amides is 1. The number of quaternary nitrogens is 1. The molecule has 0 aliphatic carbocycles. The molecule has 22 heavy (non-hydrogen) atoms. The number of hydrogen-bond acceptors (Lipinski definition) is 2. The summed E-state index contributed by atoms with van der Waals surface area (Å²) in [6, 6.07) is 15.8. The Labute approximate surface area is 131 Å². The van der Waals surface area contributed by atoms with Crippen LogP contribution in [0.15, 0.2) is 48.5 Å². The van der Waals surface area contributed by atoms with E-state index < -0.39 is 0 Å². The zero-order valence-electron chi connectivity index (χ0n) is 13.3. The number of anilines is 1. The van der Waals surface area contributed by atoms with Crippen molar-refractivity contribution in [2.24, 2.45) is 0 Å². The predicted molar refractivity (Wildman–Crippen MR) is 88.3 cm³/mol. The number of benzene rings is 2. The van der Waals surface area contributed by atoms with Crippen LogP contribution in [0.3, 0.4) is 0 Å². The SMILES string of the molecule is COc1cccc(NC(=O)C[NH+](C)Cc2cccc(C)c2)c1. The van der Waals surface area contributed by atoms with E-state index >= 15 is 0 Å². The van der Waals surface area contributed by atoms with E-state index in [0.717, 1.165) is 22.9 Å². The third-order valence-corrected chi connectivity index (χ3v) is 3.40. The number of hydrogen-bond donors (Lipinski definition) is 2. The lowest BCUT2D eigenvalue weighted by Gasteiger charge is -2.14. The van der Waals surface area contributed by atoms with Gasteiger partial charge in [0.1, 0.15) is 12.3 Å². The first-order valence-corrected chi connectivity index (χ1v) is 7.37. The van der Waals surface area contributed by atoms with E-state index in [1.807, 2.05) is 37.4 Å². The van der Waals surface area contributed by atoms with Gasteiger partial charge in [-0.25, -0.2) is 0 Å². The lowest BCUT2D eigenvalue weighted by atomic mass is 10.1. The van der Waals surface area contributed by atoms with Crippen molar-refractivity contribution < 1.29 is 14.4 Å². The molecule has 1 amide bonds. The molecule has 4 nitrogen and oxygen atoms in total. The van der Waals surface area contributed by atoms with Crippen LogP contribution >= 0.6 is 0 Å². The van der Waals surface area contributed by atoms with Crippen LogP contribution in [0.2, 0.25) is 0 Å². The van der Waals surface area contributed by atoms with Gasteiger partial charge in [0, 0.05) is 17.3 Å². The number of likely N-dealkylation sites (N-methyl/N-ethyl adjacent to an activating group) is 1. The van der Waals surface area contributed by atoms with Gasteiger partial charge in [-0.15, -0.1) is 0 Å². The van der Waals surface area contributed by atoms with E-state index in [1.54, 1.807) is 7.11 Å². The highest BCUT2D eigenvalue weighted by molar-refractivity contribution is 5.91. The van der Waals surface area contributed by atoms with E-state index in [2.05, 4.69) is 30.4 Å². The molecule has 0 spiro atoms. The topological polar surface area (TPSA) is 42.8 Å². The van der Waals surface area contributed by atoms with Crippen molar-refractivity contribution in [3.63, 3.8) is 0 Å². The molecule has 0 aliphatic heterocycles. The highest BCUT2D eigenvalue weighted by atomic mass is 16.5. The fraction of sp³-hybridized carbons (Fsp3) is 0.278. The molecule has 0 radical (unpaired) electrons. The van der Waals surface area contributed by atoms with Gasteiger partial charge >= 0.3 is 0 Å². The summed E-state index contributed by atoms with van der Waals surface area (Å²) in [7, 11) is 3.63. The van der Waals surface area contributed by atoms with Crippen LogP contribution in [-0.2, 0) is 11.3 Å². The second-order valence-corrected chi connectivity index (χ2v) is 5.58. The summed E-state index contributed by atoms with van der Waals surface area (Å²) in [5.41, 5.74) is 3.24. The molecule has 2 N–H and O–H groups in total. The molecule has 2 rings (SSSR count). The third-order valence-electron chi connectivity index (χ3n) is 3.40. The quantitative estimate of drug-likeness (QED) is 0.852. The minimum atomic E-state index is -0.00148. The van der Waals surface area contributed by atoms with Crippen LogP contribution in [0.1, 0.15) is 11.1 Å². The van der Waals surface area contributed by atoms with E-state index in [-0.39, 0.29) is 5.91 Å². The normalized spacial score (nSPS) is 11.8. The minimum Gasteiger partial charge on any atom is -0.497 e. The first-order valence-electron chi connectivity index (χ1n) is 7.37. The first-order chi connectivity index (χ1) is 10.6. The molecule has 0 fully saturated rings. The zero-order valence-corrected chi connectivity index (χ0v) is 13.3. The molecule has 2 aromatic rings. The largest absolute Gasteiger partial charge is 0.497 e. The zero-order chi connectivity index (χ0) is 15.9. The molecule has 1 unspecified atom stereocenters. The summed E-state index contributed by atoms with van der Waals surface area (Å²) >= 11 is 0. The lowest BCUT2D eigenvalue weighted by molar-refractivity contribution is -0.885. The van der Waals surface area contributed by atoms with Crippen molar-refractivity contribution >= 4 is 11.6 Å². The molecular formula is C18H23N2O2+. The van der Waals surface area contributed by atoms with Crippen LogP contribution in [0.25, 0.3) is 0 Å². The fourth-order valence-corrected chi connectivity index (χ4v) is 2.41. The van der Waals surface area contributed by atoms with Gasteiger partial charge < -0.3 is 15.0 Å². The Bertz CT molecular complexity index is 640. The molecule has 4 heteroatoms. The minimum absolute atomic E-state index is 0.00148. The van der Waals surface area contributed by atoms with E-state index in [9.17, 15) is 4.79 Å². The van der Waals surface area contributed by atoms with Crippen molar-refractivity contribution in [3.8, 4) is 5.75 Å². The molecular weight excluding hydrogens is 276 g/mol. The Morgan fingerprint density at radius 3 is 2.68 bits per heavy atom. The Morgan fingerprint density at radius 1 is 1.18 bits per heavy atom. The van der Waals surface area contributed by atoms with Crippen LogP contribution in [-0.4, -0.2) is 26.6 Å². The summed E-state index contributed by atoms with van der Waals surface area (Å²) in [6.07, 6.45) is 0. The maximum absolute atomic E-state index is 12.1. The highest BCUT2D eigenvalue weighted by Gasteiger charge is 2.11. The molecule has 0 heterocycles. The monoisotopic (exact) mass is 299 g/mol. The molecule has 0 saturated heterocycles. The number of methoxy groups -OCH3 is 1. The Balaban J connectivity index is 1.88. The smallest absolute Gasteiger partial charge is 0.279 e. The molecule has 2 aromatic carbocycles. The Morgan fingerprint density at radius 2 is 1.95 bits per heavy atom. The number of aryl methyl sites for hydroxylation is 1. The van der Waals surface area contributed by atoms with Gasteiger partial charge in [0.25, 0.3) is 5.91 Å². The molecule has 0 aliphatic rings. The average Bonchev–Trinajstić information content (AvgIpc) is 2.47. The average molecular weight is 299 g/mol. The maximum atomic E-state index is 12.1. The standard InChI is InChI=1S/C18H22N2O2/c1-14-6-4-7-15(10-14)12-20(2)13-18(21)19-16-8-5-9-17(11-16)22-3/h4-11H,12-13H2,1-3H3,(H,19,21)/p+1. The van der Waals surface area contributed by atoms with Gasteiger partial charge in [-0.3, -0.25) is 4.79 Å². The predicted octanol–water partition coefficient (Wildman–Crippen LogP) is 1.66. The van der Waals surface area contributed by atoms with Crippen molar-refractivity contribution in [2.75, 3.05) is 26.0 Å². The van der Waals surface area contributed by atoms with Crippen LogP contribution in [0.4, 0.5) is 5.69 Å². The van der Waals surface area contributed by atoms with E-state index in [1.165, 1.54) is 11.1 Å². The molecule has 116 valence electrons. The van der Waals surface area contributed by atoms with Gasteiger partial charge in [-0.2, -0.15) is 0 Å². The molecule has 0 bridgehead atoms. The van der Waals surface area contributed by atoms with Gasteiger partial charge in [0.2, 0.25) is 0 Å². The highest BCUT2D eigenvalue weighted by Crippen LogP contribution is 2.16. The summed E-state index contributed by atoms with van der Waals surface area (Å²) in [6.45, 7) is 3.33. The number of rotatable bonds is 6.